The number of nitrogens with zero attached hydrogens (tertiary/aromatic N) is 2. The lowest BCUT2D eigenvalue weighted by atomic mass is 9.68. The van der Waals surface area contributed by atoms with Crippen molar-refractivity contribution in [2.24, 2.45) is 0 Å². The summed E-state index contributed by atoms with van der Waals surface area (Å²) in [6.45, 7) is 4.58. The number of aromatic nitrogens is 2. The first-order valence-electron chi connectivity index (χ1n) is 15.7. The van der Waals surface area contributed by atoms with E-state index in [4.69, 9.17) is 14.7 Å². The molecule has 0 saturated heterocycles. The van der Waals surface area contributed by atoms with Gasteiger partial charge in [-0.3, -0.25) is 0 Å². The summed E-state index contributed by atoms with van der Waals surface area (Å²) in [4.78, 5) is 10.3. The zero-order chi connectivity index (χ0) is 29.7. The van der Waals surface area contributed by atoms with Gasteiger partial charge in [-0.25, -0.2) is 9.97 Å². The summed E-state index contributed by atoms with van der Waals surface area (Å²) in [6, 6.07) is 41.0. The van der Waals surface area contributed by atoms with Crippen molar-refractivity contribution in [3.8, 4) is 34.0 Å². The Bertz CT molecular complexity index is 2050. The second kappa shape index (κ2) is 10.6. The van der Waals surface area contributed by atoms with E-state index in [-0.39, 0.29) is 11.3 Å². The van der Waals surface area contributed by atoms with E-state index in [1.807, 2.05) is 0 Å². The van der Waals surface area contributed by atoms with Crippen molar-refractivity contribution < 1.29 is 4.74 Å². The summed E-state index contributed by atoms with van der Waals surface area (Å²) in [5, 5.41) is 1.12. The molecule has 6 aromatic rings. The maximum Gasteiger partial charge on any atom is 0.160 e. The Kier molecular flexibility index (Phi) is 6.41. The minimum atomic E-state index is -0.0671. The van der Waals surface area contributed by atoms with Crippen LogP contribution in [0.2, 0.25) is 0 Å². The normalized spacial score (nSPS) is 16.1. The lowest BCUT2D eigenvalue weighted by Gasteiger charge is -2.39. The first-order valence-corrected chi connectivity index (χ1v) is 15.7. The molecule has 0 bridgehead atoms. The van der Waals surface area contributed by atoms with Crippen molar-refractivity contribution >= 4 is 17.0 Å². The molecule has 5 aromatic carbocycles. The fraction of sp³-hybridized carbons (Fsp3) is 0.171. The van der Waals surface area contributed by atoms with Gasteiger partial charge >= 0.3 is 0 Å². The molecule has 3 nitrogen and oxygen atoms in total. The molecule has 214 valence electrons. The van der Waals surface area contributed by atoms with Crippen LogP contribution in [0.25, 0.3) is 39.5 Å². The number of hydrogen-bond acceptors (Lipinski definition) is 3. The Morgan fingerprint density at radius 2 is 1.39 bits per heavy atom. The minimum absolute atomic E-state index is 0.0671. The quantitative estimate of drug-likeness (QED) is 0.207. The highest BCUT2D eigenvalue weighted by atomic mass is 16.5. The molecule has 2 aliphatic rings. The molecule has 0 saturated carbocycles. The van der Waals surface area contributed by atoms with Gasteiger partial charge in [0.2, 0.25) is 0 Å². The second-order valence-corrected chi connectivity index (χ2v) is 11.9. The highest BCUT2D eigenvalue weighted by molar-refractivity contribution is 5.84. The van der Waals surface area contributed by atoms with Crippen LogP contribution in [0.3, 0.4) is 0 Å². The Balaban J connectivity index is 1.18. The molecule has 8 rings (SSSR count). The molecule has 0 spiro atoms. The van der Waals surface area contributed by atoms with Crippen LogP contribution in [0.15, 0.2) is 121 Å². The number of fused-ring (bicyclic) bond motifs is 4. The van der Waals surface area contributed by atoms with Crippen LogP contribution in [-0.4, -0.2) is 9.97 Å². The van der Waals surface area contributed by atoms with Gasteiger partial charge in [-0.05, 0) is 65.8 Å². The first kappa shape index (κ1) is 26.6. The van der Waals surface area contributed by atoms with Gasteiger partial charge in [-0.1, -0.05) is 117 Å². The summed E-state index contributed by atoms with van der Waals surface area (Å²) >= 11 is 0. The van der Waals surface area contributed by atoms with E-state index in [2.05, 4.69) is 141 Å². The van der Waals surface area contributed by atoms with Crippen LogP contribution >= 0.6 is 0 Å². The van der Waals surface area contributed by atoms with Crippen LogP contribution in [0.4, 0.5) is 0 Å². The molecule has 0 fully saturated rings. The minimum Gasteiger partial charge on any atom is -0.457 e. The van der Waals surface area contributed by atoms with Crippen molar-refractivity contribution in [1.29, 1.82) is 0 Å². The van der Waals surface area contributed by atoms with Gasteiger partial charge in [0.1, 0.15) is 11.5 Å². The number of rotatable bonds is 5. The molecular weight excluding hydrogens is 536 g/mol. The highest BCUT2D eigenvalue weighted by Crippen LogP contribution is 2.52. The highest BCUT2D eigenvalue weighted by Gasteiger charge is 2.39. The lowest BCUT2D eigenvalue weighted by molar-refractivity contribution is 0.375. The topological polar surface area (TPSA) is 35.0 Å². The van der Waals surface area contributed by atoms with Gasteiger partial charge in [0.05, 0.1) is 11.2 Å². The molecule has 3 heteroatoms. The molecule has 1 unspecified atom stereocenters. The van der Waals surface area contributed by atoms with E-state index < -0.39 is 0 Å². The van der Waals surface area contributed by atoms with Crippen molar-refractivity contribution in [2.75, 3.05) is 0 Å². The maximum atomic E-state index is 6.40. The van der Waals surface area contributed by atoms with Crippen molar-refractivity contribution in [3.63, 3.8) is 0 Å². The molecule has 1 aliphatic carbocycles. The molecule has 1 aromatic heterocycles. The van der Waals surface area contributed by atoms with E-state index in [0.717, 1.165) is 58.7 Å². The fourth-order valence-electron chi connectivity index (χ4n) is 7.40. The number of para-hydroxylation sites is 2. The molecule has 0 N–H and O–H groups in total. The molecule has 1 atom stereocenters. The Hall–Kier alpha value is -5.02. The zero-order valence-electron chi connectivity index (χ0n) is 25.1. The maximum absolute atomic E-state index is 6.40. The smallest absolute Gasteiger partial charge is 0.160 e. The van der Waals surface area contributed by atoms with Crippen LogP contribution in [0.5, 0.6) is 11.5 Å². The van der Waals surface area contributed by atoms with Crippen LogP contribution in [0.1, 0.15) is 67.0 Å². The predicted molar refractivity (Wildman–Crippen MR) is 180 cm³/mol. The number of allylic oxidation sites excluding steroid dienone is 1. The molecule has 44 heavy (non-hydrogen) atoms. The third-order valence-corrected chi connectivity index (χ3v) is 9.80. The SMILES string of the molecule is CCC1(CC)c2ccccc2Oc2ccc(-c3ccc(-c4nc(C5CC=Cc6ccccc65)c5ccccc5n4)cc3)cc21. The lowest BCUT2D eigenvalue weighted by Crippen LogP contribution is -2.30. The third kappa shape index (κ3) is 4.18. The van der Waals surface area contributed by atoms with Gasteiger partial charge in [0.15, 0.2) is 5.82 Å². The molecule has 1 aliphatic heterocycles. The van der Waals surface area contributed by atoms with Gasteiger partial charge in [0.25, 0.3) is 0 Å². The second-order valence-electron chi connectivity index (χ2n) is 11.9. The molecule has 0 amide bonds. The molecule has 2 heterocycles. The molecular formula is C41H34N2O. The van der Waals surface area contributed by atoms with Gasteiger partial charge in [0, 0.05) is 33.4 Å². The van der Waals surface area contributed by atoms with Gasteiger partial charge in [-0.15, -0.1) is 0 Å². The Labute approximate surface area is 258 Å². The van der Waals surface area contributed by atoms with Crippen LogP contribution in [-0.2, 0) is 5.41 Å². The summed E-state index contributed by atoms with van der Waals surface area (Å²) < 4.78 is 6.40. The third-order valence-electron chi connectivity index (χ3n) is 9.80. The van der Waals surface area contributed by atoms with E-state index >= 15 is 0 Å². The van der Waals surface area contributed by atoms with Gasteiger partial charge < -0.3 is 4.74 Å². The van der Waals surface area contributed by atoms with Crippen molar-refractivity contribution in [1.82, 2.24) is 9.97 Å². The Morgan fingerprint density at radius 3 is 2.25 bits per heavy atom. The zero-order valence-corrected chi connectivity index (χ0v) is 25.1. The van der Waals surface area contributed by atoms with E-state index in [1.54, 1.807) is 0 Å². The van der Waals surface area contributed by atoms with Crippen molar-refractivity contribution in [2.45, 2.75) is 44.4 Å². The summed E-state index contributed by atoms with van der Waals surface area (Å²) in [7, 11) is 0. The average Bonchev–Trinajstić information content (AvgIpc) is 3.10. The standard InChI is InChI=1S/C41H34N2O/c1-3-41(4-2)34-17-8-10-19-37(34)44-38-25-24-30(26-35(38)41)27-20-22-29(23-21-27)40-42-36-18-9-7-15-33(36)39(43-40)32-16-11-13-28-12-5-6-14-31(28)32/h5-15,17-26,32H,3-4,16H2,1-2H3. The number of benzene rings is 5. The van der Waals surface area contributed by atoms with Crippen LogP contribution in [0, 0.1) is 0 Å². The summed E-state index contributed by atoms with van der Waals surface area (Å²) in [5.41, 5.74) is 10.5. The van der Waals surface area contributed by atoms with Crippen molar-refractivity contribution in [3.05, 3.63) is 149 Å². The van der Waals surface area contributed by atoms with E-state index in [9.17, 15) is 0 Å². The first-order chi connectivity index (χ1) is 21.7. The Morgan fingerprint density at radius 1 is 0.682 bits per heavy atom. The van der Waals surface area contributed by atoms with E-state index in [0.29, 0.717) is 0 Å². The molecule has 0 radical (unpaired) electrons. The van der Waals surface area contributed by atoms with Crippen LogP contribution < -0.4 is 4.74 Å². The number of ether oxygens (including phenoxy) is 1. The fourth-order valence-corrected chi connectivity index (χ4v) is 7.40. The summed E-state index contributed by atoms with van der Waals surface area (Å²) in [6.07, 6.45) is 7.46. The van der Waals surface area contributed by atoms with Gasteiger partial charge in [-0.2, -0.15) is 0 Å². The monoisotopic (exact) mass is 570 g/mol. The predicted octanol–water partition coefficient (Wildman–Crippen LogP) is 10.7. The number of hydrogen-bond donors (Lipinski definition) is 0. The largest absolute Gasteiger partial charge is 0.457 e. The average molecular weight is 571 g/mol. The summed E-state index contributed by atoms with van der Waals surface area (Å²) in [5.74, 6) is 2.90. The van der Waals surface area contributed by atoms with E-state index in [1.165, 1.54) is 33.4 Å².